The number of benzene rings is 1. The number of rotatable bonds is 3. The molecule has 0 radical (unpaired) electrons. The van der Waals surface area contributed by atoms with Gasteiger partial charge in [0.2, 0.25) is 0 Å². The minimum Gasteiger partial charge on any atom is -0.395 e. The normalized spacial score (nSPS) is 18.0. The Balaban J connectivity index is 2.01. The fourth-order valence-corrected chi connectivity index (χ4v) is 2.25. The van der Waals surface area contributed by atoms with Crippen LogP contribution in [0.2, 0.25) is 0 Å². The first-order valence-electron chi connectivity index (χ1n) is 7.35. The quantitative estimate of drug-likeness (QED) is 0.860. The number of nitrogens with zero attached hydrogens (tertiary/aromatic N) is 1. The molecule has 0 saturated carbocycles. The molecule has 0 aromatic heterocycles. The molecule has 1 N–H and O–H groups in total. The zero-order valence-electron chi connectivity index (χ0n) is 12.3. The van der Waals surface area contributed by atoms with E-state index in [-0.39, 0.29) is 18.6 Å². The number of aliphatic hydroxyl groups is 1. The van der Waals surface area contributed by atoms with Crippen LogP contribution in [0, 0.1) is 11.8 Å². The molecule has 1 saturated heterocycles. The van der Waals surface area contributed by atoms with E-state index in [9.17, 15) is 4.79 Å². The third-order valence-electron chi connectivity index (χ3n) is 3.48. The summed E-state index contributed by atoms with van der Waals surface area (Å²) in [5, 5.41) is 8.68. The SMILES string of the molecule is CCC1CN(C(=O)c2ccc(C#CCCO)cc2)CCO1. The lowest BCUT2D eigenvalue weighted by Gasteiger charge is -2.32. The molecule has 21 heavy (non-hydrogen) atoms. The Labute approximate surface area is 125 Å². The molecule has 1 aromatic carbocycles. The molecule has 4 heteroatoms. The van der Waals surface area contributed by atoms with Crippen LogP contribution < -0.4 is 0 Å². The van der Waals surface area contributed by atoms with Crippen LogP contribution in [-0.4, -0.2) is 48.3 Å². The van der Waals surface area contributed by atoms with E-state index in [2.05, 4.69) is 18.8 Å². The van der Waals surface area contributed by atoms with Gasteiger partial charge in [-0.15, -0.1) is 0 Å². The summed E-state index contributed by atoms with van der Waals surface area (Å²) in [7, 11) is 0. The lowest BCUT2D eigenvalue weighted by molar-refractivity contribution is -0.0226. The number of hydrogen-bond donors (Lipinski definition) is 1. The van der Waals surface area contributed by atoms with Gasteiger partial charge in [0.15, 0.2) is 0 Å². The minimum atomic E-state index is 0.0478. The van der Waals surface area contributed by atoms with Gasteiger partial charge in [0.05, 0.1) is 19.3 Å². The Bertz CT molecular complexity index is 527. The molecule has 2 rings (SSSR count). The van der Waals surface area contributed by atoms with Crippen LogP contribution in [0.15, 0.2) is 24.3 Å². The molecule has 1 amide bonds. The lowest BCUT2D eigenvalue weighted by Crippen LogP contribution is -2.45. The molecular formula is C17H21NO3. The summed E-state index contributed by atoms with van der Waals surface area (Å²) < 4.78 is 5.58. The molecular weight excluding hydrogens is 266 g/mol. The largest absolute Gasteiger partial charge is 0.395 e. The summed E-state index contributed by atoms with van der Waals surface area (Å²) in [4.78, 5) is 14.3. The van der Waals surface area contributed by atoms with E-state index in [1.807, 2.05) is 29.2 Å². The van der Waals surface area contributed by atoms with Gasteiger partial charge in [-0.05, 0) is 30.7 Å². The Morgan fingerprint density at radius 3 is 2.86 bits per heavy atom. The number of carbonyl (C=O) groups excluding carboxylic acids is 1. The Morgan fingerprint density at radius 2 is 2.19 bits per heavy atom. The van der Waals surface area contributed by atoms with Crippen molar-refractivity contribution < 1.29 is 14.6 Å². The minimum absolute atomic E-state index is 0.0478. The average Bonchev–Trinajstić information content (AvgIpc) is 2.55. The van der Waals surface area contributed by atoms with Crippen molar-refractivity contribution in [1.29, 1.82) is 0 Å². The smallest absolute Gasteiger partial charge is 0.254 e. The number of ether oxygens (including phenoxy) is 1. The molecule has 1 fully saturated rings. The topological polar surface area (TPSA) is 49.8 Å². The maximum absolute atomic E-state index is 12.4. The first-order chi connectivity index (χ1) is 10.2. The maximum Gasteiger partial charge on any atom is 0.254 e. The highest BCUT2D eigenvalue weighted by Gasteiger charge is 2.23. The molecule has 0 aliphatic carbocycles. The lowest BCUT2D eigenvalue weighted by atomic mass is 10.1. The number of aliphatic hydroxyl groups excluding tert-OH is 1. The molecule has 0 bridgehead atoms. The predicted molar refractivity (Wildman–Crippen MR) is 81.0 cm³/mol. The van der Waals surface area contributed by atoms with Crippen LogP contribution in [-0.2, 0) is 4.74 Å². The van der Waals surface area contributed by atoms with E-state index in [4.69, 9.17) is 9.84 Å². The molecule has 0 spiro atoms. The van der Waals surface area contributed by atoms with Crippen LogP contribution in [0.4, 0.5) is 0 Å². The van der Waals surface area contributed by atoms with Crippen LogP contribution in [0.25, 0.3) is 0 Å². The van der Waals surface area contributed by atoms with E-state index in [1.165, 1.54) is 0 Å². The monoisotopic (exact) mass is 287 g/mol. The van der Waals surface area contributed by atoms with Crippen molar-refractivity contribution in [1.82, 2.24) is 4.90 Å². The van der Waals surface area contributed by atoms with Gasteiger partial charge in [-0.1, -0.05) is 18.8 Å². The highest BCUT2D eigenvalue weighted by Crippen LogP contribution is 2.13. The molecule has 1 atom stereocenters. The number of amides is 1. The van der Waals surface area contributed by atoms with Gasteiger partial charge in [0, 0.05) is 30.6 Å². The van der Waals surface area contributed by atoms with Gasteiger partial charge >= 0.3 is 0 Å². The maximum atomic E-state index is 12.4. The number of carbonyl (C=O) groups is 1. The summed E-state index contributed by atoms with van der Waals surface area (Å²) >= 11 is 0. The van der Waals surface area contributed by atoms with Crippen molar-refractivity contribution in [3.8, 4) is 11.8 Å². The summed E-state index contributed by atoms with van der Waals surface area (Å²) in [6.07, 6.45) is 1.53. The highest BCUT2D eigenvalue weighted by molar-refractivity contribution is 5.94. The van der Waals surface area contributed by atoms with Crippen LogP contribution >= 0.6 is 0 Å². The standard InChI is InChI=1S/C17H21NO3/c1-2-16-13-18(10-12-21-16)17(20)15-8-6-14(7-9-15)5-3-4-11-19/h6-9,16,19H,2,4,10-13H2,1H3. The van der Waals surface area contributed by atoms with E-state index >= 15 is 0 Å². The summed E-state index contributed by atoms with van der Waals surface area (Å²) in [5.74, 6) is 5.87. The highest BCUT2D eigenvalue weighted by atomic mass is 16.5. The van der Waals surface area contributed by atoms with Crippen LogP contribution in [0.5, 0.6) is 0 Å². The van der Waals surface area contributed by atoms with Gasteiger partial charge in [-0.2, -0.15) is 0 Å². The van der Waals surface area contributed by atoms with Crippen molar-refractivity contribution in [3.63, 3.8) is 0 Å². The molecule has 112 valence electrons. The molecule has 1 aromatic rings. The van der Waals surface area contributed by atoms with Crippen LogP contribution in [0.1, 0.15) is 35.7 Å². The van der Waals surface area contributed by atoms with Gasteiger partial charge in [-0.3, -0.25) is 4.79 Å². The molecule has 1 aliphatic heterocycles. The fourth-order valence-electron chi connectivity index (χ4n) is 2.25. The first-order valence-corrected chi connectivity index (χ1v) is 7.35. The van der Waals surface area contributed by atoms with Gasteiger partial charge in [-0.25, -0.2) is 0 Å². The third kappa shape index (κ3) is 4.32. The van der Waals surface area contributed by atoms with Crippen molar-refractivity contribution >= 4 is 5.91 Å². The molecule has 1 aliphatic rings. The first kappa shape index (κ1) is 15.6. The predicted octanol–water partition coefficient (Wildman–Crippen LogP) is 1.67. The second-order valence-corrected chi connectivity index (χ2v) is 5.00. The second-order valence-electron chi connectivity index (χ2n) is 5.00. The molecule has 1 heterocycles. The number of hydrogen-bond acceptors (Lipinski definition) is 3. The van der Waals surface area contributed by atoms with Crippen molar-refractivity contribution in [2.45, 2.75) is 25.9 Å². The second kappa shape index (κ2) is 7.82. The average molecular weight is 287 g/mol. The fraction of sp³-hybridized carbons (Fsp3) is 0.471. The Morgan fingerprint density at radius 1 is 1.43 bits per heavy atom. The summed E-state index contributed by atoms with van der Waals surface area (Å²) in [6.45, 7) is 4.05. The van der Waals surface area contributed by atoms with Gasteiger partial charge in [0.1, 0.15) is 0 Å². The Hall–Kier alpha value is -1.83. The third-order valence-corrected chi connectivity index (χ3v) is 3.48. The van der Waals surface area contributed by atoms with E-state index < -0.39 is 0 Å². The van der Waals surface area contributed by atoms with Crippen molar-refractivity contribution in [2.24, 2.45) is 0 Å². The summed E-state index contributed by atoms with van der Waals surface area (Å²) in [5.41, 5.74) is 1.54. The van der Waals surface area contributed by atoms with Crippen molar-refractivity contribution in [2.75, 3.05) is 26.3 Å². The van der Waals surface area contributed by atoms with E-state index in [1.54, 1.807) is 0 Å². The van der Waals surface area contributed by atoms with E-state index in [0.29, 0.717) is 31.7 Å². The van der Waals surface area contributed by atoms with E-state index in [0.717, 1.165) is 12.0 Å². The van der Waals surface area contributed by atoms with Gasteiger partial charge < -0.3 is 14.7 Å². The van der Waals surface area contributed by atoms with Gasteiger partial charge in [0.25, 0.3) is 5.91 Å². The summed E-state index contributed by atoms with van der Waals surface area (Å²) in [6, 6.07) is 7.30. The zero-order chi connectivity index (χ0) is 15.1. The number of morpholine rings is 1. The van der Waals surface area contributed by atoms with Crippen molar-refractivity contribution in [3.05, 3.63) is 35.4 Å². The zero-order valence-corrected chi connectivity index (χ0v) is 12.3. The molecule has 1 unspecified atom stereocenters. The Kier molecular flexibility index (Phi) is 5.79. The van der Waals surface area contributed by atoms with Crippen LogP contribution in [0.3, 0.4) is 0 Å². The molecule has 4 nitrogen and oxygen atoms in total.